The van der Waals surface area contributed by atoms with Crippen molar-refractivity contribution in [2.45, 2.75) is 0 Å². The predicted octanol–water partition coefficient (Wildman–Crippen LogP) is 3.15. The second-order valence-corrected chi connectivity index (χ2v) is 8.65. The fraction of sp³-hybridized carbons (Fsp3) is 0.0588. The monoisotopic (exact) mass is 423 g/mol. The van der Waals surface area contributed by atoms with Crippen molar-refractivity contribution in [3.05, 3.63) is 58.4 Å². The molecule has 2 aromatic carbocycles. The van der Waals surface area contributed by atoms with Gasteiger partial charge in [-0.25, -0.2) is 5.48 Å². The van der Waals surface area contributed by atoms with E-state index in [2.05, 4.69) is 4.28 Å². The molecule has 0 radical (unpaired) electrons. The van der Waals surface area contributed by atoms with Crippen molar-refractivity contribution in [2.24, 2.45) is 5.73 Å². The van der Waals surface area contributed by atoms with Gasteiger partial charge in [0.25, 0.3) is 10.1 Å². The maximum Gasteiger partial charge on any atom is 0.295 e. The van der Waals surface area contributed by atoms with Crippen molar-refractivity contribution in [1.29, 1.82) is 5.41 Å². The molecule has 0 aliphatic heterocycles. The Kier molecular flexibility index (Phi) is 5.47. The van der Waals surface area contributed by atoms with Gasteiger partial charge in [-0.3, -0.25) is 10.2 Å². The summed E-state index contributed by atoms with van der Waals surface area (Å²) >= 11 is 7.26. The Bertz CT molecular complexity index is 1140. The summed E-state index contributed by atoms with van der Waals surface area (Å²) in [4.78, 5) is 12.7. The fourth-order valence-corrected chi connectivity index (χ4v) is 4.53. The first-order valence-corrected chi connectivity index (χ1v) is 10.4. The lowest BCUT2D eigenvalue weighted by molar-refractivity contribution is 0.102. The minimum absolute atomic E-state index is 0.287. The normalized spacial score (nSPS) is 11.4. The summed E-state index contributed by atoms with van der Waals surface area (Å²) in [6.07, 6.45) is 0. The molecule has 0 aliphatic rings. The predicted molar refractivity (Wildman–Crippen MR) is 107 cm³/mol. The first-order valence-electron chi connectivity index (χ1n) is 7.58. The van der Waals surface area contributed by atoms with Crippen LogP contribution in [-0.4, -0.2) is 25.9 Å². The Morgan fingerprint density at radius 3 is 2.67 bits per heavy atom. The highest BCUT2D eigenvalue weighted by Gasteiger charge is 2.22. The lowest BCUT2D eigenvalue weighted by Crippen LogP contribution is -2.34. The van der Waals surface area contributed by atoms with Crippen LogP contribution in [0, 0.1) is 5.41 Å². The Hall–Kier alpha value is -2.46. The minimum Gasteiger partial charge on any atom is -0.368 e. The number of rotatable bonds is 6. The summed E-state index contributed by atoms with van der Waals surface area (Å²) in [7, 11) is -4.22. The van der Waals surface area contributed by atoms with E-state index in [4.69, 9.17) is 22.7 Å². The number of hydrogen-bond acceptors (Lipinski definition) is 6. The van der Waals surface area contributed by atoms with Crippen molar-refractivity contribution in [3.8, 4) is 11.1 Å². The molecule has 10 heteroatoms. The molecule has 0 atom stereocenters. The van der Waals surface area contributed by atoms with Crippen LogP contribution in [0.5, 0.6) is 0 Å². The first-order chi connectivity index (χ1) is 12.7. The van der Waals surface area contributed by atoms with Gasteiger partial charge in [0.1, 0.15) is 5.75 Å². The molecule has 7 nitrogen and oxygen atoms in total. The summed E-state index contributed by atoms with van der Waals surface area (Å²) in [5, 5.41) is 8.32. The van der Waals surface area contributed by atoms with Crippen molar-refractivity contribution < 1.29 is 17.5 Å². The highest BCUT2D eigenvalue weighted by Crippen LogP contribution is 2.35. The maximum absolute atomic E-state index is 12.4. The summed E-state index contributed by atoms with van der Waals surface area (Å²) in [5.74, 6) is -2.16. The molecule has 27 heavy (non-hydrogen) atoms. The quantitative estimate of drug-likeness (QED) is 0.242. The molecule has 0 spiro atoms. The molecule has 1 heterocycles. The lowest BCUT2D eigenvalue weighted by atomic mass is 10.0. The number of Topliss-reactive ketones (excluding diaryl/α,β-unsaturated/α-hetero) is 1. The maximum atomic E-state index is 12.4. The van der Waals surface area contributed by atoms with Crippen molar-refractivity contribution in [3.63, 3.8) is 0 Å². The first kappa shape index (κ1) is 19.3. The number of fused-ring (bicyclic) bond motifs is 1. The number of benzene rings is 2. The van der Waals surface area contributed by atoms with Gasteiger partial charge in [-0.05, 0) is 35.4 Å². The van der Waals surface area contributed by atoms with Crippen LogP contribution in [0.25, 0.3) is 21.2 Å². The third-order valence-electron chi connectivity index (χ3n) is 3.56. The number of ketones is 1. The van der Waals surface area contributed by atoms with Gasteiger partial charge >= 0.3 is 0 Å². The molecule has 0 unspecified atom stereocenters. The number of nitrogens with one attached hydrogen (secondary N) is 2. The lowest BCUT2D eigenvalue weighted by Gasteiger charge is -2.04. The van der Waals surface area contributed by atoms with Crippen LogP contribution in [0.2, 0.25) is 5.02 Å². The van der Waals surface area contributed by atoms with Crippen LogP contribution >= 0.6 is 22.9 Å². The third kappa shape index (κ3) is 4.64. The van der Waals surface area contributed by atoms with Gasteiger partial charge in [-0.2, -0.15) is 8.42 Å². The van der Waals surface area contributed by atoms with Crippen LogP contribution in [-0.2, 0) is 14.4 Å². The van der Waals surface area contributed by atoms with Gasteiger partial charge in [0, 0.05) is 15.1 Å². The number of thiophene rings is 1. The molecule has 0 saturated heterocycles. The van der Waals surface area contributed by atoms with E-state index >= 15 is 0 Å². The second kappa shape index (κ2) is 7.65. The van der Waals surface area contributed by atoms with E-state index in [1.165, 1.54) is 11.3 Å². The van der Waals surface area contributed by atoms with Gasteiger partial charge in [-0.15, -0.1) is 15.6 Å². The van der Waals surface area contributed by atoms with Gasteiger partial charge < -0.3 is 5.73 Å². The average molecular weight is 424 g/mol. The summed E-state index contributed by atoms with van der Waals surface area (Å²) in [5.41, 5.74) is 8.47. The van der Waals surface area contributed by atoms with Crippen LogP contribution in [0.3, 0.4) is 0 Å². The number of halogens is 1. The second-order valence-electron chi connectivity index (χ2n) is 5.56. The summed E-state index contributed by atoms with van der Waals surface area (Å²) < 4.78 is 28.7. The topological polar surface area (TPSA) is 122 Å². The summed E-state index contributed by atoms with van der Waals surface area (Å²) in [6, 6.07) is 14.6. The molecular formula is C17H14ClN3O4S2. The highest BCUT2D eigenvalue weighted by molar-refractivity contribution is 7.87. The van der Waals surface area contributed by atoms with E-state index < -0.39 is 27.6 Å². The van der Waals surface area contributed by atoms with E-state index in [-0.39, 0.29) is 4.88 Å². The van der Waals surface area contributed by atoms with E-state index in [1.807, 2.05) is 36.4 Å². The number of carbonyl (C=O) groups is 1. The van der Waals surface area contributed by atoms with E-state index in [0.717, 1.165) is 21.2 Å². The third-order valence-corrected chi connectivity index (χ3v) is 5.89. The van der Waals surface area contributed by atoms with Crippen LogP contribution in [0.4, 0.5) is 0 Å². The number of guanidine groups is 1. The zero-order valence-electron chi connectivity index (χ0n) is 13.7. The van der Waals surface area contributed by atoms with Gasteiger partial charge in [0.15, 0.2) is 5.78 Å². The Morgan fingerprint density at radius 1 is 1.22 bits per heavy atom. The molecule has 0 bridgehead atoms. The standard InChI is InChI=1S/C17H14ClN3O4S2/c18-11-4-1-3-10(7-11)12-5-2-6-15-13(12)8-16(26-15)14(22)9-27(23,24)25-21-17(19)20/h1-8H,9H2,(H4,19,20,21). The van der Waals surface area contributed by atoms with Crippen LogP contribution in [0.15, 0.2) is 48.5 Å². The number of nitrogens with two attached hydrogens (primary N) is 1. The molecule has 0 aliphatic carbocycles. The Labute approximate surface area is 164 Å². The van der Waals surface area contributed by atoms with Gasteiger partial charge in [0.05, 0.1) is 4.88 Å². The van der Waals surface area contributed by atoms with Crippen molar-refractivity contribution >= 4 is 54.9 Å². The van der Waals surface area contributed by atoms with E-state index in [9.17, 15) is 13.2 Å². The highest BCUT2D eigenvalue weighted by atomic mass is 35.5. The molecule has 140 valence electrons. The van der Waals surface area contributed by atoms with Crippen molar-refractivity contribution in [1.82, 2.24) is 5.48 Å². The molecule has 3 rings (SSSR count). The molecule has 3 aromatic rings. The molecular weight excluding hydrogens is 410 g/mol. The fourth-order valence-electron chi connectivity index (χ4n) is 2.48. The SMILES string of the molecule is N=C(N)NOS(=O)(=O)CC(=O)c1cc2c(-c3cccc(Cl)c3)cccc2s1. The zero-order chi connectivity index (χ0) is 19.6. The number of carbonyl (C=O) groups excluding carboxylic acids is 1. The van der Waals surface area contributed by atoms with Gasteiger partial charge in [-0.1, -0.05) is 35.9 Å². The van der Waals surface area contributed by atoms with Crippen molar-refractivity contribution in [2.75, 3.05) is 5.75 Å². The largest absolute Gasteiger partial charge is 0.368 e. The number of hydrogen-bond donors (Lipinski definition) is 3. The van der Waals surface area contributed by atoms with E-state index in [1.54, 1.807) is 17.6 Å². The smallest absolute Gasteiger partial charge is 0.295 e. The van der Waals surface area contributed by atoms with E-state index in [0.29, 0.717) is 5.02 Å². The molecule has 4 N–H and O–H groups in total. The number of hydroxylamine groups is 1. The van der Waals surface area contributed by atoms with Gasteiger partial charge in [0.2, 0.25) is 5.96 Å². The Morgan fingerprint density at radius 2 is 1.96 bits per heavy atom. The Balaban J connectivity index is 1.92. The molecule has 0 saturated carbocycles. The zero-order valence-corrected chi connectivity index (χ0v) is 16.1. The average Bonchev–Trinajstić information content (AvgIpc) is 3.04. The molecule has 0 amide bonds. The van der Waals surface area contributed by atoms with Crippen LogP contribution < -0.4 is 11.2 Å². The van der Waals surface area contributed by atoms with Crippen LogP contribution in [0.1, 0.15) is 9.67 Å². The summed E-state index contributed by atoms with van der Waals surface area (Å²) in [6.45, 7) is 0. The molecule has 1 aromatic heterocycles. The minimum atomic E-state index is -4.22. The molecule has 0 fully saturated rings.